The van der Waals surface area contributed by atoms with E-state index in [0.29, 0.717) is 0 Å². The molecule has 46 valence electrons. The topological polar surface area (TPSA) is 54.4 Å². The summed E-state index contributed by atoms with van der Waals surface area (Å²) in [6.45, 7) is 0. The highest BCUT2D eigenvalue weighted by molar-refractivity contribution is 7.87. The van der Waals surface area contributed by atoms with Gasteiger partial charge in [0.05, 0.1) is 0 Å². The molecule has 4 heteroatoms. The monoisotopic (exact) mass is 134 g/mol. The minimum absolute atomic E-state index is 0.857. The van der Waals surface area contributed by atoms with Gasteiger partial charge in [-0.05, 0) is 0 Å². The summed E-state index contributed by atoms with van der Waals surface area (Å²) in [5, 5.41) is 9.05. The molecule has 0 rings (SSSR count). The first kappa shape index (κ1) is 7.36. The third kappa shape index (κ3) is 5.36. The largest absolute Gasteiger partial charge is 0.478 e. The van der Waals surface area contributed by atoms with Crippen molar-refractivity contribution in [2.45, 2.75) is 0 Å². The van der Waals surface area contributed by atoms with Crippen LogP contribution in [0.25, 0.3) is 0 Å². The summed E-state index contributed by atoms with van der Waals surface area (Å²) < 4.78 is 10.1. The van der Waals surface area contributed by atoms with E-state index in [0.717, 1.165) is 11.5 Å². The maximum absolute atomic E-state index is 10.1. The van der Waals surface area contributed by atoms with E-state index >= 15 is 0 Å². The molecular weight excluding hydrogens is 128 g/mol. The third-order valence-electron chi connectivity index (χ3n) is 0.402. The lowest BCUT2D eigenvalue weighted by atomic mass is 10.7. The van der Waals surface area contributed by atoms with Gasteiger partial charge in [-0.2, -0.15) is 0 Å². The lowest BCUT2D eigenvalue weighted by Crippen LogP contribution is -1.87. The van der Waals surface area contributed by atoms with Crippen LogP contribution in [-0.2, 0) is 15.6 Å². The summed E-state index contributed by atoms with van der Waals surface area (Å²) in [5.41, 5.74) is 0. The average Bonchev–Trinajstić information content (AvgIpc) is 1.61. The number of hydrogen-bond acceptors (Lipinski definition) is 2. The smallest absolute Gasteiger partial charge is 0.328 e. The van der Waals surface area contributed by atoms with Gasteiger partial charge < -0.3 is 5.11 Å². The Morgan fingerprint density at radius 2 is 2.25 bits per heavy atom. The van der Waals surface area contributed by atoms with Gasteiger partial charge in [0.2, 0.25) is 0 Å². The Morgan fingerprint density at radius 1 is 1.75 bits per heavy atom. The standard InChI is InChI=1S/C4H6O3S/c1-8(7)3-2-4(5)6/h2-3H,1H3,(H,5,6)/b3-2+/t8-/m1/s1. The normalized spacial score (nSPS) is 14.1. The predicted molar refractivity (Wildman–Crippen MR) is 30.8 cm³/mol. The number of hydrogen-bond donors (Lipinski definition) is 1. The van der Waals surface area contributed by atoms with Crippen LogP contribution in [0.3, 0.4) is 0 Å². The van der Waals surface area contributed by atoms with Gasteiger partial charge in [0, 0.05) is 28.5 Å². The first-order valence-electron chi connectivity index (χ1n) is 1.86. The van der Waals surface area contributed by atoms with Gasteiger partial charge in [0.1, 0.15) is 0 Å². The Kier molecular flexibility index (Phi) is 3.10. The number of rotatable bonds is 2. The number of carbonyl (C=O) groups is 1. The van der Waals surface area contributed by atoms with Crippen LogP contribution >= 0.6 is 0 Å². The molecular formula is C4H6O3S. The quantitative estimate of drug-likeness (QED) is 0.539. The van der Waals surface area contributed by atoms with E-state index in [1.54, 1.807) is 0 Å². The minimum atomic E-state index is -1.15. The van der Waals surface area contributed by atoms with Gasteiger partial charge in [-0.25, -0.2) is 4.79 Å². The molecule has 0 radical (unpaired) electrons. The maximum atomic E-state index is 10.1. The van der Waals surface area contributed by atoms with Crippen molar-refractivity contribution in [1.82, 2.24) is 0 Å². The highest BCUT2D eigenvalue weighted by atomic mass is 32.2. The molecule has 0 bridgehead atoms. The lowest BCUT2D eigenvalue weighted by molar-refractivity contribution is -0.131. The van der Waals surface area contributed by atoms with Crippen LogP contribution in [0.5, 0.6) is 0 Å². The molecule has 0 heterocycles. The maximum Gasteiger partial charge on any atom is 0.328 e. The highest BCUT2D eigenvalue weighted by Crippen LogP contribution is 1.76. The molecule has 0 aromatic carbocycles. The van der Waals surface area contributed by atoms with Gasteiger partial charge in [0.25, 0.3) is 0 Å². The fourth-order valence-electron chi connectivity index (χ4n) is 0.154. The van der Waals surface area contributed by atoms with Crippen LogP contribution in [0.4, 0.5) is 0 Å². The van der Waals surface area contributed by atoms with Gasteiger partial charge in [-0.1, -0.05) is 0 Å². The second-order valence-corrected chi connectivity index (χ2v) is 2.41. The summed E-state index contributed by atoms with van der Waals surface area (Å²) in [6, 6.07) is 0. The van der Waals surface area contributed by atoms with Crippen molar-refractivity contribution < 1.29 is 14.1 Å². The predicted octanol–water partition coefficient (Wildman–Crippen LogP) is -0.0368. The van der Waals surface area contributed by atoms with Crippen LogP contribution in [-0.4, -0.2) is 21.5 Å². The van der Waals surface area contributed by atoms with Gasteiger partial charge in [-0.3, -0.25) is 4.21 Å². The van der Waals surface area contributed by atoms with Crippen molar-refractivity contribution in [2.75, 3.05) is 6.26 Å². The molecule has 0 saturated heterocycles. The van der Waals surface area contributed by atoms with Crippen molar-refractivity contribution in [1.29, 1.82) is 0 Å². The van der Waals surface area contributed by atoms with Crippen LogP contribution in [0.1, 0.15) is 0 Å². The molecule has 0 aliphatic heterocycles. The Labute approximate surface area is 49.5 Å². The van der Waals surface area contributed by atoms with Crippen molar-refractivity contribution in [3.05, 3.63) is 11.5 Å². The summed E-state index contributed by atoms with van der Waals surface area (Å²) in [7, 11) is -1.15. The Hall–Kier alpha value is -0.640. The second kappa shape index (κ2) is 3.37. The molecule has 0 unspecified atom stereocenters. The summed E-state index contributed by atoms with van der Waals surface area (Å²) in [5.74, 6) is -1.07. The van der Waals surface area contributed by atoms with Crippen molar-refractivity contribution in [3.8, 4) is 0 Å². The average molecular weight is 134 g/mol. The molecule has 1 atom stereocenters. The van der Waals surface area contributed by atoms with E-state index in [4.69, 9.17) is 5.11 Å². The molecule has 3 nitrogen and oxygen atoms in total. The van der Waals surface area contributed by atoms with Gasteiger partial charge >= 0.3 is 5.97 Å². The summed E-state index contributed by atoms with van der Waals surface area (Å²) in [6.07, 6.45) is 2.26. The fourth-order valence-corrected chi connectivity index (χ4v) is 0.462. The molecule has 0 aromatic rings. The zero-order valence-corrected chi connectivity index (χ0v) is 5.14. The van der Waals surface area contributed by atoms with E-state index < -0.39 is 16.8 Å². The van der Waals surface area contributed by atoms with Gasteiger partial charge in [0.15, 0.2) is 0 Å². The molecule has 0 aliphatic carbocycles. The Morgan fingerprint density at radius 3 is 2.38 bits per heavy atom. The zero-order chi connectivity index (χ0) is 6.57. The van der Waals surface area contributed by atoms with Crippen LogP contribution in [0, 0.1) is 0 Å². The van der Waals surface area contributed by atoms with E-state index in [1.165, 1.54) is 6.26 Å². The first-order chi connectivity index (χ1) is 3.63. The number of carboxylic acids is 1. The van der Waals surface area contributed by atoms with E-state index in [2.05, 4.69) is 0 Å². The van der Waals surface area contributed by atoms with Crippen molar-refractivity contribution in [2.24, 2.45) is 0 Å². The SMILES string of the molecule is C[S@@](=O)/C=C/C(=O)O. The van der Waals surface area contributed by atoms with Gasteiger partial charge in [-0.15, -0.1) is 0 Å². The Balaban J connectivity index is 3.67. The zero-order valence-electron chi connectivity index (χ0n) is 4.33. The summed E-state index contributed by atoms with van der Waals surface area (Å²) >= 11 is 0. The van der Waals surface area contributed by atoms with E-state index in [-0.39, 0.29) is 0 Å². The van der Waals surface area contributed by atoms with Crippen LogP contribution in [0.2, 0.25) is 0 Å². The third-order valence-corrected chi connectivity index (χ3v) is 0.922. The molecule has 1 N–H and O–H groups in total. The molecule has 0 fully saturated rings. The molecule has 0 spiro atoms. The Bertz CT molecular complexity index is 122. The number of carboxylic acid groups (broad SMARTS) is 1. The fraction of sp³-hybridized carbons (Fsp3) is 0.250. The number of aliphatic carboxylic acids is 1. The molecule has 0 amide bonds. The molecule has 0 saturated carbocycles. The second-order valence-electron chi connectivity index (χ2n) is 1.14. The minimum Gasteiger partial charge on any atom is -0.478 e. The first-order valence-corrected chi connectivity index (χ1v) is 3.48. The molecule has 8 heavy (non-hydrogen) atoms. The van der Waals surface area contributed by atoms with Crippen molar-refractivity contribution >= 4 is 16.8 Å². The summed E-state index contributed by atoms with van der Waals surface area (Å²) in [4.78, 5) is 9.68. The van der Waals surface area contributed by atoms with E-state index in [1.807, 2.05) is 0 Å². The van der Waals surface area contributed by atoms with Crippen molar-refractivity contribution in [3.63, 3.8) is 0 Å². The lowest BCUT2D eigenvalue weighted by Gasteiger charge is -1.76. The van der Waals surface area contributed by atoms with Crippen LogP contribution in [0.15, 0.2) is 11.5 Å². The molecule has 0 aromatic heterocycles. The highest BCUT2D eigenvalue weighted by Gasteiger charge is 1.84. The molecule has 0 aliphatic rings. The van der Waals surface area contributed by atoms with E-state index in [9.17, 15) is 9.00 Å². The van der Waals surface area contributed by atoms with Crippen LogP contribution < -0.4 is 0 Å².